The van der Waals surface area contributed by atoms with Gasteiger partial charge >= 0.3 is 6.03 Å². The van der Waals surface area contributed by atoms with Crippen molar-refractivity contribution in [3.63, 3.8) is 0 Å². The van der Waals surface area contributed by atoms with E-state index in [0.29, 0.717) is 117 Å². The van der Waals surface area contributed by atoms with Gasteiger partial charge in [0.2, 0.25) is 5.91 Å². The molecule has 3 N–H and O–H groups in total. The zero-order valence-corrected chi connectivity index (χ0v) is 25.3. The number of thioether (sulfide) groups is 1. The topological polar surface area (TPSA) is 184 Å². The molecule has 0 aromatic carbocycles. The highest BCUT2D eigenvalue weighted by Crippen LogP contribution is 2.33. The lowest BCUT2D eigenvalue weighted by Gasteiger charge is -2.16. The van der Waals surface area contributed by atoms with E-state index in [1.54, 1.807) is 0 Å². The molecule has 0 radical (unpaired) electrons. The first kappa shape index (κ1) is 36.3. The minimum Gasteiger partial charge on any atom is -0.379 e. The van der Waals surface area contributed by atoms with Gasteiger partial charge in [0.1, 0.15) is 0 Å². The maximum atomic E-state index is 12.0. The highest BCUT2D eigenvalue weighted by Gasteiger charge is 2.42. The number of fused-ring (bicyclic) bond motifs is 1. The summed E-state index contributed by atoms with van der Waals surface area (Å²) in [4.78, 5) is 26.1. The van der Waals surface area contributed by atoms with E-state index in [-0.39, 0.29) is 24.0 Å². The molecule has 0 aliphatic carbocycles. The average Bonchev–Trinajstić information content (AvgIpc) is 3.54. The van der Waals surface area contributed by atoms with Crippen LogP contribution in [0.25, 0.3) is 10.4 Å². The number of azide groups is 1. The zero-order valence-electron chi connectivity index (χ0n) is 24.5. The summed E-state index contributed by atoms with van der Waals surface area (Å²) in [5, 5.41) is 12.6. The van der Waals surface area contributed by atoms with Gasteiger partial charge < -0.3 is 49.1 Å². The van der Waals surface area contributed by atoms with Crippen molar-refractivity contribution in [2.75, 3.05) is 111 Å². The third-order valence-corrected chi connectivity index (χ3v) is 7.79. The molecule has 3 atom stereocenters. The normalized spacial score (nSPS) is 19.2. The molecule has 0 aromatic heterocycles. The van der Waals surface area contributed by atoms with Crippen LogP contribution in [0.15, 0.2) is 5.11 Å². The molecule has 0 bridgehead atoms. The van der Waals surface area contributed by atoms with E-state index in [2.05, 4.69) is 26.0 Å². The Kier molecular flexibility index (Phi) is 22.1. The van der Waals surface area contributed by atoms with E-state index in [1.807, 2.05) is 11.8 Å². The number of ether oxygens (including phenoxy) is 7. The second kappa shape index (κ2) is 25.6. The molecule has 0 aromatic rings. The Hall–Kier alpha value is -1.88. The first-order valence-corrected chi connectivity index (χ1v) is 15.8. The number of carbonyl (C=O) groups excluding carboxylic acids is 2. The number of hydrogen-bond acceptors (Lipinski definition) is 11. The van der Waals surface area contributed by atoms with E-state index in [1.165, 1.54) is 0 Å². The molecule has 0 unspecified atom stereocenters. The molecule has 0 spiro atoms. The first-order chi connectivity index (χ1) is 20.7. The molecule has 242 valence electrons. The standard InChI is InChI=1S/C26H48N6O9S/c27-32-29-6-8-36-10-12-38-14-16-40-18-20-41-19-17-39-15-13-37-11-9-35-7-5-28-24(33)4-2-1-3-23-25-22(21-42-23)30-26(34)31-25/h22-23,25H,1-21H2,(H,28,33)(H2,30,31,34)/t22-,23+,25+/m1/s1. The number of nitrogens with one attached hydrogen (secondary N) is 3. The lowest BCUT2D eigenvalue weighted by molar-refractivity contribution is -0.121. The van der Waals surface area contributed by atoms with Gasteiger partial charge in [-0.1, -0.05) is 11.5 Å². The fraction of sp³-hybridized carbons (Fsp3) is 0.923. The average molecular weight is 621 g/mol. The van der Waals surface area contributed by atoms with Crippen molar-refractivity contribution >= 4 is 23.7 Å². The Morgan fingerprint density at radius 2 is 1.33 bits per heavy atom. The largest absolute Gasteiger partial charge is 0.379 e. The van der Waals surface area contributed by atoms with E-state index in [9.17, 15) is 9.59 Å². The Morgan fingerprint density at radius 3 is 1.88 bits per heavy atom. The van der Waals surface area contributed by atoms with Crippen LogP contribution in [0.1, 0.15) is 25.7 Å². The minimum atomic E-state index is -0.0609. The van der Waals surface area contributed by atoms with Crippen molar-refractivity contribution in [3.05, 3.63) is 10.4 Å². The summed E-state index contributed by atoms with van der Waals surface area (Å²) in [6.45, 7) is 7.37. The van der Waals surface area contributed by atoms with Crippen molar-refractivity contribution in [2.45, 2.75) is 43.0 Å². The number of rotatable bonds is 29. The molecule has 16 heteroatoms. The summed E-state index contributed by atoms with van der Waals surface area (Å²) < 4.78 is 37.8. The highest BCUT2D eigenvalue weighted by molar-refractivity contribution is 8.00. The van der Waals surface area contributed by atoms with Crippen LogP contribution in [0.4, 0.5) is 4.79 Å². The lowest BCUT2D eigenvalue weighted by Crippen LogP contribution is -2.36. The molecular weight excluding hydrogens is 572 g/mol. The van der Waals surface area contributed by atoms with E-state index >= 15 is 0 Å². The van der Waals surface area contributed by atoms with Gasteiger partial charge in [0.05, 0.1) is 105 Å². The summed E-state index contributed by atoms with van der Waals surface area (Å²) in [6.07, 6.45) is 3.34. The van der Waals surface area contributed by atoms with Crippen molar-refractivity contribution in [1.29, 1.82) is 0 Å². The predicted octanol–water partition coefficient (Wildman–Crippen LogP) is 1.25. The highest BCUT2D eigenvalue weighted by atomic mass is 32.2. The van der Waals surface area contributed by atoms with Crippen LogP contribution in [-0.2, 0) is 38.0 Å². The predicted molar refractivity (Wildman–Crippen MR) is 157 cm³/mol. The summed E-state index contributed by atoms with van der Waals surface area (Å²) in [5.74, 6) is 1.00. The Morgan fingerprint density at radius 1 is 0.810 bits per heavy atom. The summed E-state index contributed by atoms with van der Waals surface area (Å²) in [5.41, 5.74) is 8.13. The molecule has 2 heterocycles. The molecule has 3 amide bonds. The summed E-state index contributed by atoms with van der Waals surface area (Å²) >= 11 is 1.90. The van der Waals surface area contributed by atoms with Crippen LogP contribution >= 0.6 is 11.8 Å². The number of hydrogen-bond donors (Lipinski definition) is 3. The summed E-state index contributed by atoms with van der Waals surface area (Å²) in [6, 6.07) is 0.411. The van der Waals surface area contributed by atoms with Gasteiger partial charge in [-0.25, -0.2) is 4.79 Å². The number of carbonyl (C=O) groups is 2. The monoisotopic (exact) mass is 620 g/mol. The summed E-state index contributed by atoms with van der Waals surface area (Å²) in [7, 11) is 0. The molecule has 2 saturated heterocycles. The van der Waals surface area contributed by atoms with Gasteiger partial charge in [-0.2, -0.15) is 11.8 Å². The van der Waals surface area contributed by atoms with Gasteiger partial charge in [0.25, 0.3) is 0 Å². The molecule has 2 aliphatic rings. The van der Waals surface area contributed by atoms with Crippen LogP contribution in [0, 0.1) is 0 Å². The second-order valence-electron chi connectivity index (χ2n) is 9.46. The van der Waals surface area contributed by atoms with Crippen LogP contribution < -0.4 is 16.0 Å². The number of unbranched alkanes of at least 4 members (excludes halogenated alkanes) is 1. The van der Waals surface area contributed by atoms with E-state index in [4.69, 9.17) is 38.7 Å². The Balaban J connectivity index is 1.20. The molecular formula is C26H48N6O9S. The zero-order chi connectivity index (χ0) is 29.9. The molecule has 2 fully saturated rings. The smallest absolute Gasteiger partial charge is 0.315 e. The molecule has 15 nitrogen and oxygen atoms in total. The quantitative estimate of drug-likeness (QED) is 0.0362. The van der Waals surface area contributed by atoms with Crippen LogP contribution in [-0.4, -0.2) is 141 Å². The maximum Gasteiger partial charge on any atom is 0.315 e. The van der Waals surface area contributed by atoms with E-state index < -0.39 is 0 Å². The maximum absolute atomic E-state index is 12.0. The Bertz CT molecular complexity index is 766. The van der Waals surface area contributed by atoms with Crippen LogP contribution in [0.2, 0.25) is 0 Å². The van der Waals surface area contributed by atoms with Crippen molar-refractivity contribution in [3.8, 4) is 0 Å². The molecule has 2 rings (SSSR count). The minimum absolute atomic E-state index is 0.0424. The van der Waals surface area contributed by atoms with Crippen LogP contribution in [0.5, 0.6) is 0 Å². The van der Waals surface area contributed by atoms with Gasteiger partial charge in [-0.05, 0) is 18.4 Å². The number of nitrogens with zero attached hydrogens (tertiary/aromatic N) is 3. The van der Waals surface area contributed by atoms with Gasteiger partial charge in [0, 0.05) is 35.4 Å². The fourth-order valence-electron chi connectivity index (χ4n) is 4.20. The molecule has 2 aliphatic heterocycles. The van der Waals surface area contributed by atoms with Crippen molar-refractivity contribution in [1.82, 2.24) is 16.0 Å². The van der Waals surface area contributed by atoms with Crippen molar-refractivity contribution in [2.24, 2.45) is 5.11 Å². The van der Waals surface area contributed by atoms with Gasteiger partial charge in [-0.3, -0.25) is 4.79 Å². The fourth-order valence-corrected chi connectivity index (χ4v) is 5.74. The van der Waals surface area contributed by atoms with Gasteiger partial charge in [-0.15, -0.1) is 0 Å². The number of urea groups is 1. The second-order valence-corrected chi connectivity index (χ2v) is 10.7. The SMILES string of the molecule is [N-]=[N+]=NCCOCCOCCOCCOCCOCCOCCOCCNC(=O)CCCC[C@@H]1SC[C@H]2NC(=O)N[C@H]12. The Labute approximate surface area is 252 Å². The molecule has 0 saturated carbocycles. The first-order valence-electron chi connectivity index (χ1n) is 14.7. The van der Waals surface area contributed by atoms with Crippen LogP contribution in [0.3, 0.4) is 0 Å². The number of amides is 3. The third-order valence-electron chi connectivity index (χ3n) is 6.28. The van der Waals surface area contributed by atoms with E-state index in [0.717, 1.165) is 25.0 Å². The lowest BCUT2D eigenvalue weighted by atomic mass is 10.0. The van der Waals surface area contributed by atoms with Crippen molar-refractivity contribution < 1.29 is 42.7 Å². The third kappa shape index (κ3) is 18.6. The molecule has 42 heavy (non-hydrogen) atoms. The van der Waals surface area contributed by atoms with Gasteiger partial charge in [0.15, 0.2) is 0 Å².